The number of nitrogens with two attached hydrogens (primary N) is 1. The number of carboxylic acids is 1. The number of fused-ring (bicyclic) bond motifs is 1. The highest BCUT2D eigenvalue weighted by Gasteiger charge is 2.40. The molecule has 0 bridgehead atoms. The number of carbonyl (C=O) groups is 1. The summed E-state index contributed by atoms with van der Waals surface area (Å²) in [6, 6.07) is 7.12. The van der Waals surface area contributed by atoms with Crippen LogP contribution in [0.25, 0.3) is 10.9 Å². The van der Waals surface area contributed by atoms with E-state index in [1.54, 1.807) is 0 Å². The zero-order valence-corrected chi connectivity index (χ0v) is 9.97. The molecular weight excluding hydrogens is 228 g/mol. The lowest BCUT2D eigenvalue weighted by atomic mass is 9.87. The Morgan fingerprint density at radius 1 is 1.39 bits per heavy atom. The highest BCUT2D eigenvalue weighted by atomic mass is 16.4. The van der Waals surface area contributed by atoms with Crippen molar-refractivity contribution in [3.05, 3.63) is 36.0 Å². The van der Waals surface area contributed by atoms with Crippen LogP contribution in [0.15, 0.2) is 30.5 Å². The topological polar surface area (TPSA) is 79.1 Å². The predicted molar refractivity (Wildman–Crippen MR) is 69.4 cm³/mol. The number of hydrogen-bond acceptors (Lipinski definition) is 2. The third-order valence-electron chi connectivity index (χ3n) is 3.78. The van der Waals surface area contributed by atoms with Crippen LogP contribution in [-0.4, -0.2) is 22.1 Å². The van der Waals surface area contributed by atoms with Gasteiger partial charge in [-0.2, -0.15) is 0 Å². The van der Waals surface area contributed by atoms with Gasteiger partial charge in [-0.05, 0) is 30.4 Å². The van der Waals surface area contributed by atoms with Gasteiger partial charge >= 0.3 is 5.97 Å². The van der Waals surface area contributed by atoms with E-state index < -0.39 is 12.0 Å². The number of aliphatic carboxylic acids is 1. The summed E-state index contributed by atoms with van der Waals surface area (Å²) in [5.74, 6) is -0.592. The molecule has 1 aromatic heterocycles. The number of para-hydroxylation sites is 1. The number of H-pyrrole nitrogens is 1. The highest BCUT2D eigenvalue weighted by Crippen LogP contribution is 2.45. The Labute approximate surface area is 105 Å². The molecule has 4 heteroatoms. The molecule has 1 aromatic carbocycles. The first kappa shape index (κ1) is 11.3. The van der Waals surface area contributed by atoms with Crippen molar-refractivity contribution < 1.29 is 9.90 Å². The number of rotatable bonds is 4. The van der Waals surface area contributed by atoms with Crippen molar-refractivity contribution in [3.63, 3.8) is 0 Å². The van der Waals surface area contributed by atoms with Crippen LogP contribution in [0.5, 0.6) is 0 Å². The Morgan fingerprint density at radius 3 is 2.78 bits per heavy atom. The van der Waals surface area contributed by atoms with Gasteiger partial charge in [0.1, 0.15) is 6.04 Å². The molecule has 1 saturated carbocycles. The Bertz CT molecular complexity index is 586. The van der Waals surface area contributed by atoms with Gasteiger partial charge in [0.15, 0.2) is 0 Å². The van der Waals surface area contributed by atoms with Crippen molar-refractivity contribution in [2.45, 2.75) is 24.8 Å². The minimum atomic E-state index is -0.919. The number of benzene rings is 1. The summed E-state index contributed by atoms with van der Waals surface area (Å²) in [6.45, 7) is 0. The zero-order valence-electron chi connectivity index (χ0n) is 9.97. The molecule has 0 spiro atoms. The molecule has 0 aliphatic heterocycles. The molecule has 2 atom stereocenters. The first-order valence-electron chi connectivity index (χ1n) is 6.23. The van der Waals surface area contributed by atoms with E-state index >= 15 is 0 Å². The third kappa shape index (κ3) is 1.78. The third-order valence-corrected chi connectivity index (χ3v) is 3.78. The molecule has 4 nitrogen and oxygen atoms in total. The number of nitrogens with one attached hydrogen (secondary N) is 1. The van der Waals surface area contributed by atoms with Gasteiger partial charge < -0.3 is 15.8 Å². The molecule has 0 amide bonds. The van der Waals surface area contributed by atoms with E-state index in [4.69, 9.17) is 10.8 Å². The van der Waals surface area contributed by atoms with Gasteiger partial charge in [-0.1, -0.05) is 18.2 Å². The fourth-order valence-electron chi connectivity index (χ4n) is 2.72. The van der Waals surface area contributed by atoms with Gasteiger partial charge in [-0.25, -0.2) is 0 Å². The van der Waals surface area contributed by atoms with Crippen LogP contribution in [0.1, 0.15) is 24.3 Å². The van der Waals surface area contributed by atoms with E-state index in [-0.39, 0.29) is 5.92 Å². The second-order valence-electron chi connectivity index (χ2n) is 5.02. The van der Waals surface area contributed by atoms with Crippen LogP contribution in [0.3, 0.4) is 0 Å². The molecule has 0 radical (unpaired) electrons. The molecule has 0 saturated heterocycles. The van der Waals surface area contributed by atoms with Crippen LogP contribution in [0.4, 0.5) is 0 Å². The number of aromatic amines is 1. The molecule has 2 aromatic rings. The lowest BCUT2D eigenvalue weighted by molar-refractivity contribution is -0.139. The van der Waals surface area contributed by atoms with Crippen molar-refractivity contribution in [3.8, 4) is 0 Å². The molecule has 4 N–H and O–H groups in total. The number of hydrogen-bond donors (Lipinski definition) is 3. The van der Waals surface area contributed by atoms with Crippen LogP contribution in [0, 0.1) is 5.92 Å². The van der Waals surface area contributed by atoms with Gasteiger partial charge in [0.2, 0.25) is 0 Å². The van der Waals surface area contributed by atoms with Gasteiger partial charge in [0, 0.05) is 23.0 Å². The molecule has 3 rings (SSSR count). The van der Waals surface area contributed by atoms with Gasteiger partial charge in [-0.15, -0.1) is 0 Å². The summed E-state index contributed by atoms with van der Waals surface area (Å²) in [5.41, 5.74) is 7.95. The average Bonchev–Trinajstić information content (AvgIpc) is 3.10. The quantitative estimate of drug-likeness (QED) is 0.770. The van der Waals surface area contributed by atoms with Gasteiger partial charge in [-0.3, -0.25) is 4.79 Å². The first-order chi connectivity index (χ1) is 8.68. The van der Waals surface area contributed by atoms with Crippen molar-refractivity contribution >= 4 is 16.9 Å². The van der Waals surface area contributed by atoms with Gasteiger partial charge in [0.05, 0.1) is 0 Å². The summed E-state index contributed by atoms with van der Waals surface area (Å²) in [7, 11) is 0. The van der Waals surface area contributed by atoms with Crippen molar-refractivity contribution in [1.29, 1.82) is 0 Å². The highest BCUT2D eigenvalue weighted by molar-refractivity contribution is 5.85. The normalized spacial score (nSPS) is 18.7. The van der Waals surface area contributed by atoms with Crippen LogP contribution < -0.4 is 5.73 Å². The monoisotopic (exact) mass is 244 g/mol. The van der Waals surface area contributed by atoms with Crippen LogP contribution >= 0.6 is 0 Å². The second-order valence-corrected chi connectivity index (χ2v) is 5.02. The predicted octanol–water partition coefficient (Wildman–Crippen LogP) is 2.07. The SMILES string of the molecule is N[C@@H](C(=O)O)[C@H](c1c[nH]c2ccccc12)C1CC1. The van der Waals surface area contributed by atoms with E-state index in [0.717, 1.165) is 29.3 Å². The fourth-order valence-corrected chi connectivity index (χ4v) is 2.72. The van der Waals surface area contributed by atoms with Crippen molar-refractivity contribution in [2.24, 2.45) is 11.7 Å². The molecular formula is C14H16N2O2. The zero-order chi connectivity index (χ0) is 12.7. The van der Waals surface area contributed by atoms with E-state index in [1.807, 2.05) is 30.5 Å². The first-order valence-corrected chi connectivity index (χ1v) is 6.23. The Balaban J connectivity index is 2.07. The van der Waals surface area contributed by atoms with Crippen LogP contribution in [0.2, 0.25) is 0 Å². The molecule has 1 heterocycles. The summed E-state index contributed by atoms with van der Waals surface area (Å²) in [6.07, 6.45) is 4.06. The summed E-state index contributed by atoms with van der Waals surface area (Å²) < 4.78 is 0. The molecule has 1 aliphatic rings. The number of aromatic nitrogens is 1. The summed E-state index contributed by atoms with van der Waals surface area (Å²) in [4.78, 5) is 14.4. The lowest BCUT2D eigenvalue weighted by Gasteiger charge is -2.20. The van der Waals surface area contributed by atoms with Gasteiger partial charge in [0.25, 0.3) is 0 Å². The molecule has 0 unspecified atom stereocenters. The van der Waals surface area contributed by atoms with Crippen LogP contribution in [-0.2, 0) is 4.79 Å². The maximum atomic E-state index is 11.2. The van der Waals surface area contributed by atoms with E-state index in [0.29, 0.717) is 5.92 Å². The second kappa shape index (κ2) is 4.14. The Kier molecular flexibility index (Phi) is 2.59. The van der Waals surface area contributed by atoms with Crippen molar-refractivity contribution in [1.82, 2.24) is 4.98 Å². The Morgan fingerprint density at radius 2 is 2.11 bits per heavy atom. The summed E-state index contributed by atoms with van der Waals surface area (Å²) in [5, 5.41) is 10.3. The van der Waals surface area contributed by atoms with E-state index in [1.165, 1.54) is 0 Å². The van der Waals surface area contributed by atoms with E-state index in [9.17, 15) is 4.79 Å². The molecule has 1 fully saturated rings. The molecule has 94 valence electrons. The largest absolute Gasteiger partial charge is 0.480 e. The molecule has 18 heavy (non-hydrogen) atoms. The Hall–Kier alpha value is -1.81. The van der Waals surface area contributed by atoms with Crippen molar-refractivity contribution in [2.75, 3.05) is 0 Å². The number of carboxylic acid groups (broad SMARTS) is 1. The summed E-state index contributed by atoms with van der Waals surface area (Å²) >= 11 is 0. The lowest BCUT2D eigenvalue weighted by Crippen LogP contribution is -2.37. The average molecular weight is 244 g/mol. The maximum Gasteiger partial charge on any atom is 0.321 e. The molecule has 1 aliphatic carbocycles. The maximum absolute atomic E-state index is 11.2. The minimum Gasteiger partial charge on any atom is -0.480 e. The van der Waals surface area contributed by atoms with E-state index in [2.05, 4.69) is 4.98 Å². The fraction of sp³-hybridized carbons (Fsp3) is 0.357. The minimum absolute atomic E-state index is 0.0846. The smallest absolute Gasteiger partial charge is 0.321 e. The standard InChI is InChI=1S/C14H16N2O2/c15-13(14(17)18)12(8-5-6-8)10-7-16-11-4-2-1-3-9(10)11/h1-4,7-8,12-13,16H,5-6,15H2,(H,17,18)/t12-,13+/m0/s1.